The third kappa shape index (κ3) is 7.72. The Morgan fingerprint density at radius 1 is 0.860 bits per heavy atom. The fourth-order valence-electron chi connectivity index (χ4n) is 5.31. The van der Waals surface area contributed by atoms with Crippen LogP contribution in [0.4, 0.5) is 0 Å². The van der Waals surface area contributed by atoms with Crippen molar-refractivity contribution in [1.82, 2.24) is 5.32 Å². The van der Waals surface area contributed by atoms with Gasteiger partial charge >= 0.3 is 0 Å². The lowest BCUT2D eigenvalue weighted by atomic mass is 9.82. The zero-order valence-electron chi connectivity index (χ0n) is 24.1. The van der Waals surface area contributed by atoms with Gasteiger partial charge in [-0.3, -0.25) is 4.79 Å². The summed E-state index contributed by atoms with van der Waals surface area (Å²) in [5, 5.41) is 12.3. The van der Waals surface area contributed by atoms with Crippen molar-refractivity contribution >= 4 is 27.7 Å². The molecule has 1 heterocycles. The number of halogens is 1. The monoisotopic (exact) mass is 640 g/mol. The van der Waals surface area contributed by atoms with Crippen LogP contribution < -0.4 is 10.1 Å². The SMILES string of the molecule is O=C(NCCCCc1ccccc1)[C@]1(Cc2ccccc2)N=C(c2ccc(OCCCO)cc2)O[C@@H]1c1ccccc1Br. The third-order valence-electron chi connectivity index (χ3n) is 7.55. The first-order valence-corrected chi connectivity index (χ1v) is 15.6. The second-order valence-corrected chi connectivity index (χ2v) is 11.5. The van der Waals surface area contributed by atoms with E-state index in [1.807, 2.05) is 84.9 Å². The molecule has 4 aromatic carbocycles. The molecule has 0 radical (unpaired) electrons. The molecule has 6 nitrogen and oxygen atoms in total. The predicted octanol–water partition coefficient (Wildman–Crippen LogP) is 6.85. The number of rotatable bonds is 14. The van der Waals surface area contributed by atoms with Crippen molar-refractivity contribution in [3.63, 3.8) is 0 Å². The number of amides is 1. The number of nitrogens with one attached hydrogen (secondary N) is 1. The number of nitrogens with zero attached hydrogens (tertiary/aromatic N) is 1. The van der Waals surface area contributed by atoms with Gasteiger partial charge in [0.2, 0.25) is 5.90 Å². The predicted molar refractivity (Wildman–Crippen MR) is 173 cm³/mol. The molecule has 7 heteroatoms. The summed E-state index contributed by atoms with van der Waals surface area (Å²) in [5.74, 6) is 0.954. The Balaban J connectivity index is 1.44. The number of aliphatic hydroxyl groups is 1. The van der Waals surface area contributed by atoms with Crippen molar-refractivity contribution in [3.05, 3.63) is 136 Å². The molecule has 0 fully saturated rings. The van der Waals surface area contributed by atoms with E-state index < -0.39 is 11.6 Å². The summed E-state index contributed by atoms with van der Waals surface area (Å²) in [4.78, 5) is 19.4. The van der Waals surface area contributed by atoms with Crippen molar-refractivity contribution in [2.45, 2.75) is 43.7 Å². The van der Waals surface area contributed by atoms with Gasteiger partial charge in [-0.1, -0.05) is 94.8 Å². The number of hydrogen-bond acceptors (Lipinski definition) is 5. The first kappa shape index (κ1) is 30.5. The van der Waals surface area contributed by atoms with Crippen molar-refractivity contribution in [3.8, 4) is 5.75 Å². The molecule has 0 saturated heterocycles. The van der Waals surface area contributed by atoms with Crippen LogP contribution in [0.1, 0.15) is 47.6 Å². The Morgan fingerprint density at radius 3 is 2.23 bits per heavy atom. The van der Waals surface area contributed by atoms with Crippen LogP contribution in [0, 0.1) is 0 Å². The molecule has 0 unspecified atom stereocenters. The lowest BCUT2D eigenvalue weighted by Gasteiger charge is -2.31. The van der Waals surface area contributed by atoms with Crippen LogP contribution in [0.15, 0.2) is 119 Å². The van der Waals surface area contributed by atoms with E-state index in [1.165, 1.54) is 5.56 Å². The van der Waals surface area contributed by atoms with E-state index in [-0.39, 0.29) is 12.5 Å². The molecule has 43 heavy (non-hydrogen) atoms. The van der Waals surface area contributed by atoms with Gasteiger partial charge in [0.05, 0.1) is 6.61 Å². The molecule has 4 aromatic rings. The molecule has 1 amide bonds. The summed E-state index contributed by atoms with van der Waals surface area (Å²) in [7, 11) is 0. The van der Waals surface area contributed by atoms with E-state index in [1.54, 1.807) is 0 Å². The highest BCUT2D eigenvalue weighted by Gasteiger charge is 2.53. The molecular formula is C36H37BrN2O4. The van der Waals surface area contributed by atoms with Crippen LogP contribution in [0.2, 0.25) is 0 Å². The highest BCUT2D eigenvalue weighted by Crippen LogP contribution is 2.44. The maximum absolute atomic E-state index is 14.3. The van der Waals surface area contributed by atoms with Crippen molar-refractivity contribution < 1.29 is 19.4 Å². The van der Waals surface area contributed by atoms with Gasteiger partial charge in [-0.2, -0.15) is 0 Å². The summed E-state index contributed by atoms with van der Waals surface area (Å²) in [6.45, 7) is 1.07. The second kappa shape index (κ2) is 15.0. The van der Waals surface area contributed by atoms with Gasteiger partial charge in [-0.05, 0) is 60.7 Å². The number of aliphatic hydroxyl groups excluding tert-OH is 1. The van der Waals surface area contributed by atoms with E-state index in [2.05, 4.69) is 45.5 Å². The molecule has 2 N–H and O–H groups in total. The minimum atomic E-state index is -1.23. The highest BCUT2D eigenvalue weighted by molar-refractivity contribution is 9.10. The number of benzene rings is 4. The van der Waals surface area contributed by atoms with Crippen molar-refractivity contribution in [2.75, 3.05) is 19.8 Å². The fraction of sp³-hybridized carbons (Fsp3) is 0.278. The topological polar surface area (TPSA) is 80.2 Å². The third-order valence-corrected chi connectivity index (χ3v) is 8.28. The Hall–Kier alpha value is -3.94. The average Bonchev–Trinajstić information content (AvgIpc) is 3.42. The lowest BCUT2D eigenvalue weighted by molar-refractivity contribution is -0.128. The molecule has 0 spiro atoms. The number of carbonyl (C=O) groups excluding carboxylic acids is 1. The number of carbonyl (C=O) groups is 1. The summed E-state index contributed by atoms with van der Waals surface area (Å²) in [6, 6.07) is 35.7. The van der Waals surface area contributed by atoms with Crippen LogP contribution in [0.25, 0.3) is 0 Å². The molecule has 0 bridgehead atoms. The molecular weight excluding hydrogens is 604 g/mol. The number of hydrogen-bond donors (Lipinski definition) is 2. The molecule has 2 atom stereocenters. The Kier molecular flexibility index (Phi) is 10.6. The van der Waals surface area contributed by atoms with Crippen molar-refractivity contribution in [1.29, 1.82) is 0 Å². The van der Waals surface area contributed by atoms with Gasteiger partial charge < -0.3 is 19.9 Å². The minimum absolute atomic E-state index is 0.0811. The van der Waals surface area contributed by atoms with Gasteiger partial charge in [0.15, 0.2) is 11.6 Å². The summed E-state index contributed by atoms with van der Waals surface area (Å²) >= 11 is 3.71. The Bertz CT molecular complexity index is 1490. The molecule has 1 aliphatic rings. The maximum Gasteiger partial charge on any atom is 0.252 e. The van der Waals surface area contributed by atoms with Gasteiger partial charge in [0.1, 0.15) is 5.75 Å². The standard InChI is InChI=1S/C36H37BrN2O4/c37-32-18-8-7-17-31(32)33-36(26-28-15-5-2-6-16-28,35(41)38-23-10-9-14-27-12-3-1-4-13-27)39-34(43-33)29-19-21-30(22-20-29)42-25-11-24-40/h1-8,12-13,15-22,33,40H,9-11,14,23-26H2,(H,38,41)/t33-,36-/m1/s1. The largest absolute Gasteiger partial charge is 0.494 e. The number of ether oxygens (including phenoxy) is 2. The van der Waals surface area contributed by atoms with Crippen LogP contribution >= 0.6 is 15.9 Å². The average molecular weight is 642 g/mol. The molecule has 0 aliphatic carbocycles. The smallest absolute Gasteiger partial charge is 0.252 e. The number of unbranched alkanes of at least 4 members (excludes halogenated alkanes) is 1. The molecule has 1 aliphatic heterocycles. The first-order chi connectivity index (χ1) is 21.1. The quantitative estimate of drug-likeness (QED) is 0.148. The Morgan fingerprint density at radius 2 is 1.53 bits per heavy atom. The molecule has 0 saturated carbocycles. The van der Waals surface area contributed by atoms with Gasteiger partial charge in [0.25, 0.3) is 5.91 Å². The summed E-state index contributed by atoms with van der Waals surface area (Å²) < 4.78 is 13.2. The van der Waals surface area contributed by atoms with E-state index in [9.17, 15) is 4.79 Å². The maximum atomic E-state index is 14.3. The summed E-state index contributed by atoms with van der Waals surface area (Å²) in [5.41, 5.74) is 2.69. The van der Waals surface area contributed by atoms with E-state index in [0.717, 1.165) is 40.4 Å². The van der Waals surface area contributed by atoms with Gasteiger partial charge in [0, 0.05) is 41.6 Å². The zero-order chi connectivity index (χ0) is 29.9. The van der Waals surface area contributed by atoms with Crippen LogP contribution in [-0.2, 0) is 22.4 Å². The highest BCUT2D eigenvalue weighted by atomic mass is 79.9. The minimum Gasteiger partial charge on any atom is -0.494 e. The number of aliphatic imine (C=N–C) groups is 1. The van der Waals surface area contributed by atoms with Crippen LogP contribution in [0.3, 0.4) is 0 Å². The molecule has 0 aromatic heterocycles. The molecule has 222 valence electrons. The van der Waals surface area contributed by atoms with Crippen molar-refractivity contribution in [2.24, 2.45) is 4.99 Å². The normalized spacial score (nSPS) is 17.6. The van der Waals surface area contributed by atoms with Gasteiger partial charge in [-0.15, -0.1) is 0 Å². The van der Waals surface area contributed by atoms with Gasteiger partial charge in [-0.25, -0.2) is 4.99 Å². The van der Waals surface area contributed by atoms with E-state index in [0.29, 0.717) is 37.6 Å². The first-order valence-electron chi connectivity index (χ1n) is 14.8. The van der Waals surface area contributed by atoms with Crippen LogP contribution in [-0.4, -0.2) is 42.2 Å². The second-order valence-electron chi connectivity index (χ2n) is 10.7. The van der Waals surface area contributed by atoms with E-state index >= 15 is 0 Å². The fourth-order valence-corrected chi connectivity index (χ4v) is 5.80. The number of aryl methyl sites for hydroxylation is 1. The Labute approximate surface area is 261 Å². The van der Waals surface area contributed by atoms with Crippen LogP contribution in [0.5, 0.6) is 5.75 Å². The zero-order valence-corrected chi connectivity index (χ0v) is 25.7. The van der Waals surface area contributed by atoms with E-state index in [4.69, 9.17) is 19.6 Å². The lowest BCUT2D eigenvalue weighted by Crippen LogP contribution is -2.50. The molecule has 5 rings (SSSR count). The summed E-state index contributed by atoms with van der Waals surface area (Å²) in [6.07, 6.45) is 3.09.